The summed E-state index contributed by atoms with van der Waals surface area (Å²) < 4.78 is 51.1. The lowest BCUT2D eigenvalue weighted by Crippen LogP contribution is -2.63. The van der Waals surface area contributed by atoms with E-state index in [2.05, 4.69) is 5.32 Å². The molecule has 0 unspecified atom stereocenters. The van der Waals surface area contributed by atoms with Gasteiger partial charge in [0, 0.05) is 18.8 Å². The van der Waals surface area contributed by atoms with Crippen molar-refractivity contribution in [2.45, 2.75) is 12.2 Å². The van der Waals surface area contributed by atoms with Crippen molar-refractivity contribution >= 4 is 23.5 Å². The first-order valence-corrected chi connectivity index (χ1v) is 8.56. The number of likely N-dealkylation sites (tertiary alicyclic amines) is 1. The first kappa shape index (κ1) is 18.9. The molecule has 29 heavy (non-hydrogen) atoms. The minimum atomic E-state index is -4.47. The van der Waals surface area contributed by atoms with E-state index in [1.54, 1.807) is 0 Å². The van der Waals surface area contributed by atoms with Crippen LogP contribution in [0.3, 0.4) is 0 Å². The molecule has 10 heteroatoms. The molecule has 4 amide bonds. The van der Waals surface area contributed by atoms with Gasteiger partial charge >= 0.3 is 12.2 Å². The quantitative estimate of drug-likeness (QED) is 0.613. The highest BCUT2D eigenvalue weighted by Crippen LogP contribution is 2.31. The molecule has 0 atom stereocenters. The number of nitrogens with zero attached hydrogens (tertiary/aromatic N) is 2. The largest absolute Gasteiger partial charge is 0.416 e. The predicted molar refractivity (Wildman–Crippen MR) is 92.7 cm³/mol. The number of anilines is 1. The molecule has 4 rings (SSSR count). The van der Waals surface area contributed by atoms with Gasteiger partial charge in [0.1, 0.15) is 5.82 Å². The Morgan fingerprint density at radius 1 is 0.966 bits per heavy atom. The van der Waals surface area contributed by atoms with Gasteiger partial charge in [0.25, 0.3) is 11.8 Å². The number of fused-ring (bicyclic) bond motifs is 1. The van der Waals surface area contributed by atoms with Crippen LogP contribution in [0.4, 0.5) is 28.0 Å². The van der Waals surface area contributed by atoms with Crippen LogP contribution in [0.5, 0.6) is 0 Å². The standard InChI is InChI=1S/C19H13F4N3O3/c20-11-3-6-14-15(7-11)17(28)26(16(14)27)13-8-25(9-13)18(29)24-12-4-1-10(2-5-12)19(21,22)23/h1-7,13H,8-9H2,(H,24,29). The zero-order chi connectivity index (χ0) is 20.9. The summed E-state index contributed by atoms with van der Waals surface area (Å²) in [5.41, 5.74) is -0.545. The van der Waals surface area contributed by atoms with Gasteiger partial charge < -0.3 is 10.2 Å². The maximum absolute atomic E-state index is 13.3. The predicted octanol–water partition coefficient (Wildman–Crippen LogP) is 3.36. The summed E-state index contributed by atoms with van der Waals surface area (Å²) >= 11 is 0. The van der Waals surface area contributed by atoms with Crippen molar-refractivity contribution in [2.24, 2.45) is 0 Å². The highest BCUT2D eigenvalue weighted by molar-refractivity contribution is 6.21. The van der Waals surface area contributed by atoms with Crippen LogP contribution in [0.1, 0.15) is 26.3 Å². The van der Waals surface area contributed by atoms with Gasteiger partial charge in [-0.3, -0.25) is 14.5 Å². The first-order valence-electron chi connectivity index (χ1n) is 8.56. The molecule has 1 fully saturated rings. The van der Waals surface area contributed by atoms with Crippen molar-refractivity contribution in [2.75, 3.05) is 18.4 Å². The molecular weight excluding hydrogens is 394 g/mol. The van der Waals surface area contributed by atoms with E-state index in [1.165, 1.54) is 11.0 Å². The third kappa shape index (κ3) is 3.30. The van der Waals surface area contributed by atoms with Crippen molar-refractivity contribution in [3.63, 3.8) is 0 Å². The molecule has 0 bridgehead atoms. The number of amides is 4. The number of benzene rings is 2. The number of carbonyl (C=O) groups excluding carboxylic acids is 3. The molecule has 0 radical (unpaired) electrons. The number of halogens is 4. The smallest absolute Gasteiger partial charge is 0.320 e. The van der Waals surface area contributed by atoms with Gasteiger partial charge in [0.2, 0.25) is 0 Å². The molecule has 150 valence electrons. The van der Waals surface area contributed by atoms with Crippen molar-refractivity contribution in [1.82, 2.24) is 9.80 Å². The molecule has 2 heterocycles. The van der Waals surface area contributed by atoms with Gasteiger partial charge in [-0.1, -0.05) is 0 Å². The van der Waals surface area contributed by atoms with Crippen LogP contribution in [0.25, 0.3) is 0 Å². The Hall–Kier alpha value is -3.43. The van der Waals surface area contributed by atoms with E-state index in [4.69, 9.17) is 0 Å². The fourth-order valence-corrected chi connectivity index (χ4v) is 3.29. The topological polar surface area (TPSA) is 69.7 Å². The minimum absolute atomic E-state index is 0.0114. The van der Waals surface area contributed by atoms with Gasteiger partial charge in [0.05, 0.1) is 22.7 Å². The summed E-state index contributed by atoms with van der Waals surface area (Å²) in [6.07, 6.45) is -4.47. The molecule has 2 aromatic carbocycles. The lowest BCUT2D eigenvalue weighted by molar-refractivity contribution is -0.137. The number of hydrogen-bond acceptors (Lipinski definition) is 3. The van der Waals surface area contributed by atoms with Crippen molar-refractivity contribution in [3.05, 3.63) is 65.0 Å². The Balaban J connectivity index is 1.37. The SMILES string of the molecule is O=C(Nc1ccc(C(F)(F)F)cc1)N1CC(N2C(=O)c3ccc(F)cc3C2=O)C1. The van der Waals surface area contributed by atoms with Crippen LogP contribution in [0.2, 0.25) is 0 Å². The van der Waals surface area contributed by atoms with Crippen LogP contribution < -0.4 is 5.32 Å². The number of imide groups is 1. The molecule has 0 aromatic heterocycles. The fraction of sp³-hybridized carbons (Fsp3) is 0.211. The number of alkyl halides is 3. The lowest BCUT2D eigenvalue weighted by atomic mass is 10.1. The van der Waals surface area contributed by atoms with E-state index < -0.39 is 41.4 Å². The van der Waals surface area contributed by atoms with Crippen LogP contribution >= 0.6 is 0 Å². The minimum Gasteiger partial charge on any atom is -0.320 e. The molecule has 1 saturated heterocycles. The monoisotopic (exact) mass is 407 g/mol. The molecule has 2 aliphatic heterocycles. The van der Waals surface area contributed by atoms with E-state index in [0.717, 1.165) is 41.3 Å². The molecule has 2 aliphatic rings. The van der Waals surface area contributed by atoms with E-state index >= 15 is 0 Å². The first-order chi connectivity index (χ1) is 13.6. The fourth-order valence-electron chi connectivity index (χ4n) is 3.29. The van der Waals surface area contributed by atoms with Gasteiger partial charge in [-0.15, -0.1) is 0 Å². The van der Waals surface area contributed by atoms with Crippen molar-refractivity contribution < 1.29 is 31.9 Å². The normalized spacial score (nSPS) is 16.7. The van der Waals surface area contributed by atoms with E-state index in [1.807, 2.05) is 0 Å². The average Bonchev–Trinajstić information content (AvgIpc) is 2.85. The lowest BCUT2D eigenvalue weighted by Gasteiger charge is -2.42. The van der Waals surface area contributed by atoms with Crippen LogP contribution in [-0.4, -0.2) is 46.8 Å². The molecule has 2 aromatic rings. The second kappa shape index (κ2) is 6.57. The van der Waals surface area contributed by atoms with Crippen LogP contribution in [0.15, 0.2) is 42.5 Å². The molecule has 1 N–H and O–H groups in total. The number of carbonyl (C=O) groups is 3. The molecule has 0 aliphatic carbocycles. The van der Waals surface area contributed by atoms with Gasteiger partial charge in [-0.25, -0.2) is 9.18 Å². The molecule has 6 nitrogen and oxygen atoms in total. The summed E-state index contributed by atoms with van der Waals surface area (Å²) in [5, 5.41) is 2.46. The van der Waals surface area contributed by atoms with Gasteiger partial charge in [0.15, 0.2) is 0 Å². The summed E-state index contributed by atoms with van der Waals surface area (Å²) in [6.45, 7) is 0.140. The van der Waals surface area contributed by atoms with Crippen molar-refractivity contribution in [1.29, 1.82) is 0 Å². The maximum atomic E-state index is 13.3. The number of rotatable bonds is 2. The highest BCUT2D eigenvalue weighted by Gasteiger charge is 2.45. The van der Waals surface area contributed by atoms with Crippen LogP contribution in [-0.2, 0) is 6.18 Å². The Kier molecular flexibility index (Phi) is 4.29. The second-order valence-electron chi connectivity index (χ2n) is 6.73. The number of urea groups is 1. The zero-order valence-electron chi connectivity index (χ0n) is 14.7. The van der Waals surface area contributed by atoms with Crippen molar-refractivity contribution in [3.8, 4) is 0 Å². The van der Waals surface area contributed by atoms with Gasteiger partial charge in [-0.05, 0) is 42.5 Å². The number of hydrogen-bond donors (Lipinski definition) is 1. The Morgan fingerprint density at radius 3 is 2.21 bits per heavy atom. The summed E-state index contributed by atoms with van der Waals surface area (Å²) in [7, 11) is 0. The summed E-state index contributed by atoms with van der Waals surface area (Å²) in [5.74, 6) is -1.78. The zero-order valence-corrected chi connectivity index (χ0v) is 14.7. The molecule has 0 saturated carbocycles. The third-order valence-corrected chi connectivity index (χ3v) is 4.86. The molecule has 0 spiro atoms. The average molecular weight is 407 g/mol. The third-order valence-electron chi connectivity index (χ3n) is 4.86. The van der Waals surface area contributed by atoms with E-state index in [-0.39, 0.29) is 29.9 Å². The van der Waals surface area contributed by atoms with Crippen LogP contribution in [0, 0.1) is 5.82 Å². The van der Waals surface area contributed by atoms with E-state index in [9.17, 15) is 31.9 Å². The number of nitrogens with one attached hydrogen (secondary N) is 1. The Labute approximate surface area is 161 Å². The Bertz CT molecular complexity index is 1010. The highest BCUT2D eigenvalue weighted by atomic mass is 19.4. The summed E-state index contributed by atoms with van der Waals surface area (Å²) in [6, 6.07) is 6.21. The van der Waals surface area contributed by atoms with E-state index in [0.29, 0.717) is 0 Å². The second-order valence-corrected chi connectivity index (χ2v) is 6.73. The molecular formula is C19H13F4N3O3. The summed E-state index contributed by atoms with van der Waals surface area (Å²) in [4.78, 5) is 39.3. The van der Waals surface area contributed by atoms with Gasteiger partial charge in [-0.2, -0.15) is 13.2 Å². The Morgan fingerprint density at radius 2 is 1.59 bits per heavy atom. The maximum Gasteiger partial charge on any atom is 0.416 e.